The molecule has 1 aromatic carbocycles. The fourth-order valence-corrected chi connectivity index (χ4v) is 3.42. The zero-order chi connectivity index (χ0) is 19.3. The summed E-state index contributed by atoms with van der Waals surface area (Å²) in [6.07, 6.45) is 6.10. The molecule has 0 aliphatic heterocycles. The predicted octanol–water partition coefficient (Wildman–Crippen LogP) is 3.41. The van der Waals surface area contributed by atoms with Crippen LogP contribution in [0.1, 0.15) is 19.1 Å². The van der Waals surface area contributed by atoms with E-state index < -0.39 is 0 Å². The summed E-state index contributed by atoms with van der Waals surface area (Å²) < 4.78 is 8.91. The van der Waals surface area contributed by atoms with Gasteiger partial charge in [-0.15, -0.1) is 0 Å². The molecule has 0 aliphatic rings. The number of benzene rings is 1. The molecule has 8 nitrogen and oxygen atoms in total. The quantitative estimate of drug-likeness (QED) is 0.520. The minimum Gasteiger partial charge on any atom is -0.441 e. The number of oxazole rings is 1. The molecule has 0 unspecified atom stereocenters. The molecule has 0 amide bonds. The highest BCUT2D eigenvalue weighted by atomic mass is 16.4. The zero-order valence-corrected chi connectivity index (χ0v) is 15.5. The van der Waals surface area contributed by atoms with Crippen molar-refractivity contribution < 1.29 is 4.42 Å². The Bertz CT molecular complexity index is 1370. The Morgan fingerprint density at radius 2 is 2.04 bits per heavy atom. The van der Waals surface area contributed by atoms with Gasteiger partial charge in [0, 0.05) is 18.0 Å². The molecule has 0 spiro atoms. The van der Waals surface area contributed by atoms with Crippen LogP contribution in [0.2, 0.25) is 0 Å². The van der Waals surface area contributed by atoms with E-state index in [9.17, 15) is 4.79 Å². The van der Waals surface area contributed by atoms with Crippen LogP contribution in [0, 0.1) is 6.92 Å². The molecule has 140 valence electrons. The molecule has 28 heavy (non-hydrogen) atoms. The van der Waals surface area contributed by atoms with Crippen LogP contribution in [0.25, 0.3) is 39.3 Å². The zero-order valence-electron chi connectivity index (χ0n) is 15.5. The van der Waals surface area contributed by atoms with E-state index in [4.69, 9.17) is 4.42 Å². The number of rotatable bonds is 4. The van der Waals surface area contributed by atoms with Crippen LogP contribution in [0.15, 0.2) is 52.1 Å². The smallest absolute Gasteiger partial charge is 0.274 e. The average molecular weight is 374 g/mol. The van der Waals surface area contributed by atoms with Crippen molar-refractivity contribution in [3.8, 4) is 22.7 Å². The standard InChI is InChI=1S/C20H18N6O2/c1-3-6-25-17-5-4-13(7-14(17)10-22-25)16-8-18(27)26-19(24-16)15(11-23-26)20-21-9-12(2)28-20/h4-5,7-11,24H,3,6H2,1-2H3. The summed E-state index contributed by atoms with van der Waals surface area (Å²) in [6.45, 7) is 4.82. The van der Waals surface area contributed by atoms with Crippen molar-refractivity contribution in [3.05, 3.63) is 59.0 Å². The molecule has 4 aromatic heterocycles. The van der Waals surface area contributed by atoms with E-state index in [0.29, 0.717) is 28.6 Å². The summed E-state index contributed by atoms with van der Waals surface area (Å²) >= 11 is 0. The van der Waals surface area contributed by atoms with Gasteiger partial charge in [-0.2, -0.15) is 14.7 Å². The number of hydrogen-bond donors (Lipinski definition) is 1. The molecule has 0 fully saturated rings. The number of nitrogens with one attached hydrogen (secondary N) is 1. The van der Waals surface area contributed by atoms with E-state index in [1.54, 1.807) is 18.5 Å². The Balaban J connectivity index is 1.67. The summed E-state index contributed by atoms with van der Waals surface area (Å²) in [6, 6.07) is 7.59. The van der Waals surface area contributed by atoms with Gasteiger partial charge >= 0.3 is 0 Å². The maximum Gasteiger partial charge on any atom is 0.274 e. The molecular weight excluding hydrogens is 356 g/mol. The van der Waals surface area contributed by atoms with E-state index in [0.717, 1.165) is 29.4 Å². The molecule has 4 heterocycles. The summed E-state index contributed by atoms with van der Waals surface area (Å²) in [5.74, 6) is 1.12. The minimum absolute atomic E-state index is 0.222. The second kappa shape index (κ2) is 6.19. The Labute approximate surface area is 159 Å². The number of hydrogen-bond acceptors (Lipinski definition) is 5. The number of aryl methyl sites for hydroxylation is 2. The second-order valence-electron chi connectivity index (χ2n) is 6.76. The Kier molecular flexibility index (Phi) is 3.65. The SMILES string of the molecule is CCCn1ncc2cc(-c3cc(=O)n4ncc(-c5ncc(C)o5)c4[nH]3)ccc21. The van der Waals surface area contributed by atoms with E-state index in [-0.39, 0.29) is 5.56 Å². The van der Waals surface area contributed by atoms with Crippen LogP contribution in [-0.2, 0) is 6.54 Å². The first-order valence-electron chi connectivity index (χ1n) is 9.14. The first kappa shape index (κ1) is 16.5. The Morgan fingerprint density at radius 1 is 1.14 bits per heavy atom. The van der Waals surface area contributed by atoms with Gasteiger partial charge in [-0.25, -0.2) is 4.98 Å². The van der Waals surface area contributed by atoms with Crippen LogP contribution >= 0.6 is 0 Å². The lowest BCUT2D eigenvalue weighted by Crippen LogP contribution is -2.14. The highest BCUT2D eigenvalue weighted by Crippen LogP contribution is 2.26. The fourth-order valence-electron chi connectivity index (χ4n) is 3.42. The molecule has 5 aromatic rings. The molecular formula is C20H18N6O2. The van der Waals surface area contributed by atoms with Crippen LogP contribution in [0.3, 0.4) is 0 Å². The number of nitrogens with zero attached hydrogens (tertiary/aromatic N) is 5. The first-order chi connectivity index (χ1) is 13.6. The molecule has 0 atom stereocenters. The summed E-state index contributed by atoms with van der Waals surface area (Å²) in [7, 11) is 0. The summed E-state index contributed by atoms with van der Waals surface area (Å²) in [4.78, 5) is 20.1. The van der Waals surface area contributed by atoms with E-state index >= 15 is 0 Å². The predicted molar refractivity (Wildman–Crippen MR) is 105 cm³/mol. The van der Waals surface area contributed by atoms with Crippen molar-refractivity contribution in [3.63, 3.8) is 0 Å². The van der Waals surface area contributed by atoms with Gasteiger partial charge in [0.1, 0.15) is 11.3 Å². The lowest BCUT2D eigenvalue weighted by molar-refractivity contribution is 0.543. The lowest BCUT2D eigenvalue weighted by atomic mass is 10.1. The normalized spacial score (nSPS) is 11.6. The molecule has 5 rings (SSSR count). The third-order valence-electron chi connectivity index (χ3n) is 4.74. The van der Waals surface area contributed by atoms with Crippen LogP contribution in [-0.4, -0.2) is 29.4 Å². The van der Waals surface area contributed by atoms with Crippen LogP contribution in [0.5, 0.6) is 0 Å². The van der Waals surface area contributed by atoms with E-state index in [2.05, 4.69) is 27.1 Å². The number of H-pyrrole nitrogens is 1. The molecule has 0 saturated carbocycles. The molecule has 0 radical (unpaired) electrons. The number of aromatic amines is 1. The maximum atomic E-state index is 12.6. The van der Waals surface area contributed by atoms with Crippen LogP contribution < -0.4 is 5.56 Å². The van der Waals surface area contributed by atoms with Crippen molar-refractivity contribution in [1.29, 1.82) is 0 Å². The van der Waals surface area contributed by atoms with Crippen LogP contribution in [0.4, 0.5) is 0 Å². The fraction of sp³-hybridized carbons (Fsp3) is 0.200. The van der Waals surface area contributed by atoms with Crippen molar-refractivity contribution >= 4 is 16.6 Å². The van der Waals surface area contributed by atoms with Gasteiger partial charge in [0.2, 0.25) is 5.89 Å². The highest BCUT2D eigenvalue weighted by molar-refractivity contribution is 5.84. The monoisotopic (exact) mass is 374 g/mol. The maximum absolute atomic E-state index is 12.6. The summed E-state index contributed by atoms with van der Waals surface area (Å²) in [5, 5.41) is 9.65. The van der Waals surface area contributed by atoms with Crippen molar-refractivity contribution in [2.24, 2.45) is 0 Å². The van der Waals surface area contributed by atoms with Gasteiger partial charge in [0.05, 0.1) is 29.8 Å². The largest absolute Gasteiger partial charge is 0.441 e. The molecule has 0 aliphatic carbocycles. The average Bonchev–Trinajstić information content (AvgIpc) is 3.40. The van der Waals surface area contributed by atoms with Gasteiger partial charge in [-0.3, -0.25) is 9.48 Å². The topological polar surface area (TPSA) is 94.0 Å². The number of fused-ring (bicyclic) bond motifs is 2. The Morgan fingerprint density at radius 3 is 2.82 bits per heavy atom. The molecule has 0 saturated heterocycles. The third-order valence-corrected chi connectivity index (χ3v) is 4.74. The van der Waals surface area contributed by atoms with Gasteiger partial charge in [0.15, 0.2) is 5.65 Å². The van der Waals surface area contributed by atoms with Crippen molar-refractivity contribution in [2.75, 3.05) is 0 Å². The van der Waals surface area contributed by atoms with Crippen molar-refractivity contribution in [1.82, 2.24) is 29.4 Å². The van der Waals surface area contributed by atoms with E-state index in [1.165, 1.54) is 4.52 Å². The molecule has 1 N–H and O–H groups in total. The van der Waals surface area contributed by atoms with Gasteiger partial charge < -0.3 is 9.40 Å². The first-order valence-corrected chi connectivity index (χ1v) is 9.14. The number of aromatic nitrogens is 6. The summed E-state index contributed by atoms with van der Waals surface area (Å²) in [5.41, 5.74) is 3.65. The van der Waals surface area contributed by atoms with Gasteiger partial charge in [-0.05, 0) is 31.0 Å². The molecule has 0 bridgehead atoms. The molecule has 8 heteroatoms. The third kappa shape index (κ3) is 2.53. The van der Waals surface area contributed by atoms with Crippen molar-refractivity contribution in [2.45, 2.75) is 26.8 Å². The Hall–Kier alpha value is -3.68. The lowest BCUT2D eigenvalue weighted by Gasteiger charge is -2.05. The van der Waals surface area contributed by atoms with Gasteiger partial charge in [-0.1, -0.05) is 13.0 Å². The highest BCUT2D eigenvalue weighted by Gasteiger charge is 2.15. The minimum atomic E-state index is -0.222. The van der Waals surface area contributed by atoms with Gasteiger partial charge in [0.25, 0.3) is 5.56 Å². The second-order valence-corrected chi connectivity index (χ2v) is 6.76. The van der Waals surface area contributed by atoms with E-state index in [1.807, 2.05) is 36.0 Å².